The number of hydrogen-bond acceptors (Lipinski definition) is 3. The van der Waals surface area contributed by atoms with Gasteiger partial charge in [-0.2, -0.15) is 0 Å². The molecule has 1 atom stereocenters. The number of anilines is 1. The number of hydrogen-bond donors (Lipinski definition) is 1. The molecule has 0 radical (unpaired) electrons. The predicted octanol–water partition coefficient (Wildman–Crippen LogP) is 2.72. The van der Waals surface area contributed by atoms with Crippen molar-refractivity contribution in [3.05, 3.63) is 59.7 Å². The first-order valence-corrected chi connectivity index (χ1v) is 9.94. The van der Waals surface area contributed by atoms with Crippen molar-refractivity contribution in [1.82, 2.24) is 5.32 Å². The fourth-order valence-electron chi connectivity index (χ4n) is 3.29. The van der Waals surface area contributed by atoms with Crippen LogP contribution in [0.25, 0.3) is 0 Å². The molecule has 130 valence electrons. The number of carbonyl (C=O) groups excluding carboxylic acids is 1. The third kappa shape index (κ3) is 2.91. The minimum atomic E-state index is -3.65. The summed E-state index contributed by atoms with van der Waals surface area (Å²) in [6, 6.07) is 13.9. The summed E-state index contributed by atoms with van der Waals surface area (Å²) in [6.07, 6.45) is 2.74. The molecule has 1 saturated carbocycles. The van der Waals surface area contributed by atoms with Crippen LogP contribution in [-0.4, -0.2) is 26.4 Å². The Kier molecular flexibility index (Phi) is 3.80. The van der Waals surface area contributed by atoms with Crippen molar-refractivity contribution in [2.75, 3.05) is 4.31 Å². The third-order valence-electron chi connectivity index (χ3n) is 4.73. The molecule has 2 aromatic rings. The second-order valence-electron chi connectivity index (χ2n) is 6.75. The van der Waals surface area contributed by atoms with Crippen LogP contribution < -0.4 is 9.62 Å². The van der Waals surface area contributed by atoms with Crippen molar-refractivity contribution >= 4 is 21.6 Å². The Hall–Kier alpha value is -2.34. The zero-order valence-electron chi connectivity index (χ0n) is 14.0. The maximum Gasteiger partial charge on any atom is 0.264 e. The van der Waals surface area contributed by atoms with E-state index in [9.17, 15) is 13.2 Å². The molecule has 0 aromatic heterocycles. The number of sulfonamides is 1. The molecule has 1 amide bonds. The highest BCUT2D eigenvalue weighted by molar-refractivity contribution is 7.92. The van der Waals surface area contributed by atoms with Crippen LogP contribution in [0.2, 0.25) is 0 Å². The molecule has 4 rings (SSSR count). The van der Waals surface area contributed by atoms with Gasteiger partial charge in [0.1, 0.15) is 0 Å². The predicted molar refractivity (Wildman–Crippen MR) is 96.2 cm³/mol. The van der Waals surface area contributed by atoms with Crippen LogP contribution in [0, 0.1) is 0 Å². The lowest BCUT2D eigenvalue weighted by Crippen LogP contribution is -2.35. The van der Waals surface area contributed by atoms with E-state index in [0.29, 0.717) is 12.0 Å². The Morgan fingerprint density at radius 1 is 1.08 bits per heavy atom. The second kappa shape index (κ2) is 5.88. The monoisotopic (exact) mass is 356 g/mol. The highest BCUT2D eigenvalue weighted by Crippen LogP contribution is 2.36. The Morgan fingerprint density at radius 3 is 2.44 bits per heavy atom. The van der Waals surface area contributed by atoms with Gasteiger partial charge in [0, 0.05) is 17.6 Å². The first-order valence-electron chi connectivity index (χ1n) is 8.50. The highest BCUT2D eigenvalue weighted by Gasteiger charge is 2.35. The summed E-state index contributed by atoms with van der Waals surface area (Å²) in [5.74, 6) is -0.147. The maximum atomic E-state index is 13.1. The fraction of sp³-hybridized carbons (Fsp3) is 0.316. The molecule has 1 unspecified atom stereocenters. The van der Waals surface area contributed by atoms with Crippen LogP contribution >= 0.6 is 0 Å². The van der Waals surface area contributed by atoms with Gasteiger partial charge in [0.25, 0.3) is 15.9 Å². The summed E-state index contributed by atoms with van der Waals surface area (Å²) in [5, 5.41) is 2.90. The Balaban J connectivity index is 1.63. The van der Waals surface area contributed by atoms with E-state index in [2.05, 4.69) is 5.32 Å². The van der Waals surface area contributed by atoms with Crippen molar-refractivity contribution in [2.24, 2.45) is 0 Å². The lowest BCUT2D eigenvalue weighted by atomic mass is 10.1. The highest BCUT2D eigenvalue weighted by atomic mass is 32.2. The van der Waals surface area contributed by atoms with Gasteiger partial charge in [-0.1, -0.05) is 18.2 Å². The number of carbonyl (C=O) groups is 1. The first-order chi connectivity index (χ1) is 12.0. The summed E-state index contributed by atoms with van der Waals surface area (Å²) in [6.45, 7) is 1.91. The number of benzene rings is 2. The zero-order valence-corrected chi connectivity index (χ0v) is 14.8. The molecule has 1 aliphatic heterocycles. The third-order valence-corrected chi connectivity index (χ3v) is 6.67. The molecule has 2 aromatic carbocycles. The van der Waals surface area contributed by atoms with Crippen molar-refractivity contribution in [2.45, 2.75) is 43.2 Å². The average molecular weight is 356 g/mol. The van der Waals surface area contributed by atoms with E-state index in [4.69, 9.17) is 0 Å². The summed E-state index contributed by atoms with van der Waals surface area (Å²) < 4.78 is 27.7. The maximum absolute atomic E-state index is 13.1. The smallest absolute Gasteiger partial charge is 0.264 e. The molecule has 0 spiro atoms. The largest absolute Gasteiger partial charge is 0.349 e. The molecule has 6 heteroatoms. The summed E-state index contributed by atoms with van der Waals surface area (Å²) in [5.41, 5.74) is 2.27. The normalized spacial score (nSPS) is 19.6. The molecule has 1 fully saturated rings. The molecular formula is C19H20N2O3S. The quantitative estimate of drug-likeness (QED) is 0.916. The van der Waals surface area contributed by atoms with Crippen LogP contribution in [0.4, 0.5) is 5.69 Å². The topological polar surface area (TPSA) is 66.5 Å². The van der Waals surface area contributed by atoms with Gasteiger partial charge in [-0.05, 0) is 62.1 Å². The Morgan fingerprint density at radius 2 is 1.76 bits per heavy atom. The van der Waals surface area contributed by atoms with E-state index in [1.54, 1.807) is 12.1 Å². The number of fused-ring (bicyclic) bond motifs is 1. The van der Waals surface area contributed by atoms with Gasteiger partial charge in [0.2, 0.25) is 0 Å². The van der Waals surface area contributed by atoms with E-state index < -0.39 is 10.0 Å². The van der Waals surface area contributed by atoms with Gasteiger partial charge in [-0.15, -0.1) is 0 Å². The Labute approximate surface area is 147 Å². The molecule has 0 saturated heterocycles. The number of amides is 1. The van der Waals surface area contributed by atoms with Gasteiger partial charge >= 0.3 is 0 Å². The van der Waals surface area contributed by atoms with E-state index in [-0.39, 0.29) is 22.9 Å². The second-order valence-corrected chi connectivity index (χ2v) is 8.57. The number of nitrogens with one attached hydrogen (secondary N) is 1. The lowest BCUT2D eigenvalue weighted by Gasteiger charge is -2.24. The molecule has 25 heavy (non-hydrogen) atoms. The Bertz CT molecular complexity index is 918. The standard InChI is InChI=1S/C19H20N2O3S/c1-13-12-15-4-2-3-5-18(15)21(13)25(23,24)17-10-6-14(7-11-17)19(22)20-16-8-9-16/h2-7,10-11,13,16H,8-9,12H2,1H3,(H,20,22). The lowest BCUT2D eigenvalue weighted by molar-refractivity contribution is 0.0951. The minimum Gasteiger partial charge on any atom is -0.349 e. The average Bonchev–Trinajstić information content (AvgIpc) is 3.33. The summed E-state index contributed by atoms with van der Waals surface area (Å²) in [4.78, 5) is 12.3. The number of para-hydroxylation sites is 1. The SMILES string of the molecule is CC1Cc2ccccc2N1S(=O)(=O)c1ccc(C(=O)NC2CC2)cc1. The molecule has 0 bridgehead atoms. The van der Waals surface area contributed by atoms with Gasteiger partial charge in [0.05, 0.1) is 10.6 Å². The van der Waals surface area contributed by atoms with Crippen molar-refractivity contribution in [3.8, 4) is 0 Å². The summed E-state index contributed by atoms with van der Waals surface area (Å²) >= 11 is 0. The minimum absolute atomic E-state index is 0.125. The van der Waals surface area contributed by atoms with Crippen LogP contribution in [-0.2, 0) is 16.4 Å². The van der Waals surface area contributed by atoms with Crippen LogP contribution in [0.1, 0.15) is 35.7 Å². The molecule has 5 nitrogen and oxygen atoms in total. The van der Waals surface area contributed by atoms with Gasteiger partial charge in [-0.3, -0.25) is 9.10 Å². The van der Waals surface area contributed by atoms with E-state index in [1.165, 1.54) is 16.4 Å². The van der Waals surface area contributed by atoms with E-state index in [1.807, 2.05) is 31.2 Å². The van der Waals surface area contributed by atoms with E-state index >= 15 is 0 Å². The summed E-state index contributed by atoms with van der Waals surface area (Å²) in [7, 11) is -3.65. The molecule has 1 heterocycles. The van der Waals surface area contributed by atoms with Crippen LogP contribution in [0.3, 0.4) is 0 Å². The molecule has 2 aliphatic rings. The molecule has 1 N–H and O–H groups in total. The zero-order chi connectivity index (χ0) is 17.6. The van der Waals surface area contributed by atoms with E-state index in [0.717, 1.165) is 24.1 Å². The first kappa shape index (κ1) is 16.1. The number of nitrogens with zero attached hydrogens (tertiary/aromatic N) is 1. The number of rotatable bonds is 4. The van der Waals surface area contributed by atoms with Gasteiger partial charge in [-0.25, -0.2) is 8.42 Å². The fourth-order valence-corrected chi connectivity index (χ4v) is 4.98. The van der Waals surface area contributed by atoms with Crippen LogP contribution in [0.15, 0.2) is 53.4 Å². The van der Waals surface area contributed by atoms with Crippen molar-refractivity contribution in [1.29, 1.82) is 0 Å². The molecule has 1 aliphatic carbocycles. The van der Waals surface area contributed by atoms with Gasteiger partial charge in [0.15, 0.2) is 0 Å². The van der Waals surface area contributed by atoms with Crippen molar-refractivity contribution < 1.29 is 13.2 Å². The molecular weight excluding hydrogens is 336 g/mol. The van der Waals surface area contributed by atoms with Gasteiger partial charge < -0.3 is 5.32 Å². The van der Waals surface area contributed by atoms with Crippen molar-refractivity contribution in [3.63, 3.8) is 0 Å². The van der Waals surface area contributed by atoms with Crippen LogP contribution in [0.5, 0.6) is 0 Å².